The summed E-state index contributed by atoms with van der Waals surface area (Å²) in [7, 11) is 0. The summed E-state index contributed by atoms with van der Waals surface area (Å²) in [5.74, 6) is 1.03. The summed E-state index contributed by atoms with van der Waals surface area (Å²) in [5, 5.41) is 3.60. The monoisotopic (exact) mass is 231 g/mol. The summed E-state index contributed by atoms with van der Waals surface area (Å²) in [6.45, 7) is 7.56. The Bertz CT molecular complexity index is 387. The van der Waals surface area contributed by atoms with Crippen LogP contribution in [0.3, 0.4) is 0 Å². The van der Waals surface area contributed by atoms with E-state index < -0.39 is 0 Å². The Hall–Kier alpha value is -1.28. The molecule has 0 bridgehead atoms. The van der Waals surface area contributed by atoms with Gasteiger partial charge in [0.15, 0.2) is 0 Å². The van der Waals surface area contributed by atoms with Crippen molar-refractivity contribution in [1.82, 2.24) is 5.32 Å². The third-order valence-electron chi connectivity index (χ3n) is 3.23. The Morgan fingerprint density at radius 3 is 3.18 bits per heavy atom. The first-order valence-electron chi connectivity index (χ1n) is 6.45. The third-order valence-corrected chi connectivity index (χ3v) is 3.23. The number of rotatable bonds is 6. The zero-order valence-electron chi connectivity index (χ0n) is 10.5. The molecule has 1 unspecified atom stereocenters. The molecule has 0 saturated heterocycles. The van der Waals surface area contributed by atoms with Crippen LogP contribution in [0.15, 0.2) is 30.9 Å². The van der Waals surface area contributed by atoms with Gasteiger partial charge in [0.25, 0.3) is 0 Å². The topological polar surface area (TPSA) is 21.3 Å². The van der Waals surface area contributed by atoms with Gasteiger partial charge in [-0.15, -0.1) is 0 Å². The average molecular weight is 231 g/mol. The Balaban J connectivity index is 2.13. The van der Waals surface area contributed by atoms with Crippen molar-refractivity contribution in [3.8, 4) is 5.75 Å². The average Bonchev–Trinajstić information content (AvgIpc) is 2.77. The van der Waals surface area contributed by atoms with Crippen molar-refractivity contribution in [2.45, 2.75) is 32.2 Å². The molecule has 0 radical (unpaired) electrons. The molecule has 1 aromatic rings. The number of hydrogen-bond donors (Lipinski definition) is 1. The second-order valence-corrected chi connectivity index (χ2v) is 4.47. The fraction of sp³-hybridized carbons (Fsp3) is 0.467. The number of fused-ring (bicyclic) bond motifs is 1. The molecule has 1 aromatic carbocycles. The van der Waals surface area contributed by atoms with Gasteiger partial charge in [0.05, 0.1) is 0 Å². The van der Waals surface area contributed by atoms with Gasteiger partial charge in [-0.2, -0.15) is 0 Å². The van der Waals surface area contributed by atoms with Crippen molar-refractivity contribution >= 4 is 0 Å². The minimum atomic E-state index is 0.511. The molecule has 0 amide bonds. The van der Waals surface area contributed by atoms with E-state index in [4.69, 9.17) is 4.74 Å². The smallest absolute Gasteiger partial charge is 0.123 e. The van der Waals surface area contributed by atoms with Crippen molar-refractivity contribution < 1.29 is 4.74 Å². The second-order valence-electron chi connectivity index (χ2n) is 4.47. The van der Waals surface area contributed by atoms with E-state index in [2.05, 4.69) is 37.0 Å². The molecule has 2 nitrogen and oxygen atoms in total. The summed E-state index contributed by atoms with van der Waals surface area (Å²) < 4.78 is 5.70. The fourth-order valence-corrected chi connectivity index (χ4v) is 2.44. The molecule has 0 aromatic heterocycles. The molecule has 0 fully saturated rings. The Kier molecular flexibility index (Phi) is 4.21. The fourth-order valence-electron chi connectivity index (χ4n) is 2.44. The minimum absolute atomic E-state index is 0.511. The maximum absolute atomic E-state index is 5.70. The number of benzene rings is 1. The van der Waals surface area contributed by atoms with E-state index in [0.717, 1.165) is 18.7 Å². The van der Waals surface area contributed by atoms with E-state index in [9.17, 15) is 0 Å². The van der Waals surface area contributed by atoms with Crippen LogP contribution < -0.4 is 10.1 Å². The van der Waals surface area contributed by atoms with Crippen molar-refractivity contribution in [2.24, 2.45) is 0 Å². The molecule has 0 heterocycles. The van der Waals surface area contributed by atoms with Gasteiger partial charge in [0, 0.05) is 6.04 Å². The predicted octanol–water partition coefficient (Wildman–Crippen LogP) is 3.24. The molecule has 17 heavy (non-hydrogen) atoms. The highest BCUT2D eigenvalue weighted by atomic mass is 16.5. The molecule has 0 spiro atoms. The summed E-state index contributed by atoms with van der Waals surface area (Å²) in [6, 6.07) is 6.88. The van der Waals surface area contributed by atoms with Crippen LogP contribution in [0.4, 0.5) is 0 Å². The largest absolute Gasteiger partial charge is 0.489 e. The van der Waals surface area contributed by atoms with Gasteiger partial charge in [-0.25, -0.2) is 0 Å². The molecule has 1 atom stereocenters. The first-order valence-corrected chi connectivity index (χ1v) is 6.45. The Labute approximate surface area is 104 Å². The van der Waals surface area contributed by atoms with E-state index in [1.807, 2.05) is 0 Å². The zero-order valence-corrected chi connectivity index (χ0v) is 10.5. The molecule has 2 rings (SSSR count). The van der Waals surface area contributed by atoms with Crippen molar-refractivity contribution in [2.75, 3.05) is 13.2 Å². The Morgan fingerprint density at radius 1 is 1.53 bits per heavy atom. The highest BCUT2D eigenvalue weighted by Gasteiger charge is 2.24. The van der Waals surface area contributed by atoms with Gasteiger partial charge in [-0.1, -0.05) is 31.7 Å². The summed E-state index contributed by atoms with van der Waals surface area (Å²) >= 11 is 0. The van der Waals surface area contributed by atoms with Gasteiger partial charge in [0.2, 0.25) is 0 Å². The zero-order chi connectivity index (χ0) is 12.1. The van der Waals surface area contributed by atoms with E-state index >= 15 is 0 Å². The third kappa shape index (κ3) is 2.70. The van der Waals surface area contributed by atoms with Crippen molar-refractivity contribution in [3.63, 3.8) is 0 Å². The lowest BCUT2D eigenvalue weighted by Crippen LogP contribution is -2.19. The maximum Gasteiger partial charge on any atom is 0.123 e. The maximum atomic E-state index is 5.70. The molecule has 1 aliphatic rings. The molecule has 2 heteroatoms. The molecular formula is C15H21NO. The molecule has 0 aliphatic heterocycles. The summed E-state index contributed by atoms with van der Waals surface area (Å²) in [4.78, 5) is 0. The first kappa shape index (κ1) is 12.2. The van der Waals surface area contributed by atoms with Crippen LogP contribution in [0, 0.1) is 0 Å². The van der Waals surface area contributed by atoms with E-state index in [1.165, 1.54) is 24.0 Å². The quantitative estimate of drug-likeness (QED) is 0.759. The van der Waals surface area contributed by atoms with Gasteiger partial charge in [0.1, 0.15) is 12.4 Å². The van der Waals surface area contributed by atoms with Crippen LogP contribution in [0.25, 0.3) is 0 Å². The summed E-state index contributed by atoms with van der Waals surface area (Å²) in [6.07, 6.45) is 5.27. The van der Waals surface area contributed by atoms with Crippen LogP contribution in [-0.2, 0) is 6.42 Å². The lowest BCUT2D eigenvalue weighted by atomic mass is 10.1. The van der Waals surface area contributed by atoms with Gasteiger partial charge >= 0.3 is 0 Å². The highest BCUT2D eigenvalue weighted by molar-refractivity contribution is 5.45. The number of hydrogen-bond acceptors (Lipinski definition) is 2. The van der Waals surface area contributed by atoms with Crippen LogP contribution in [-0.4, -0.2) is 13.2 Å². The normalized spacial score (nSPS) is 17.8. The van der Waals surface area contributed by atoms with E-state index in [-0.39, 0.29) is 0 Å². The van der Waals surface area contributed by atoms with Crippen LogP contribution >= 0.6 is 0 Å². The lowest BCUT2D eigenvalue weighted by Gasteiger charge is -2.14. The van der Waals surface area contributed by atoms with Crippen molar-refractivity contribution in [3.05, 3.63) is 42.0 Å². The van der Waals surface area contributed by atoms with Crippen molar-refractivity contribution in [1.29, 1.82) is 0 Å². The first-order chi connectivity index (χ1) is 8.36. The second kappa shape index (κ2) is 5.87. The molecular weight excluding hydrogens is 210 g/mol. The highest BCUT2D eigenvalue weighted by Crippen LogP contribution is 2.36. The summed E-state index contributed by atoms with van der Waals surface area (Å²) in [5.41, 5.74) is 2.79. The van der Waals surface area contributed by atoms with E-state index in [0.29, 0.717) is 12.6 Å². The molecule has 1 aliphatic carbocycles. The standard InChI is InChI=1S/C15H21NO/c1-3-10-16-14-9-8-13-12(14)6-5-7-15(13)17-11-4-2/h4-7,14,16H,2-3,8-11H2,1H3. The van der Waals surface area contributed by atoms with Crippen LogP contribution in [0.2, 0.25) is 0 Å². The van der Waals surface area contributed by atoms with Crippen LogP contribution in [0.1, 0.15) is 36.9 Å². The van der Waals surface area contributed by atoms with Gasteiger partial charge < -0.3 is 10.1 Å². The molecule has 1 N–H and O–H groups in total. The van der Waals surface area contributed by atoms with Gasteiger partial charge in [-0.3, -0.25) is 0 Å². The molecule has 0 saturated carbocycles. The Morgan fingerprint density at radius 2 is 2.41 bits per heavy atom. The number of nitrogens with one attached hydrogen (secondary N) is 1. The SMILES string of the molecule is C=CCOc1cccc2c1CCC2NCCC. The predicted molar refractivity (Wildman–Crippen MR) is 71.5 cm³/mol. The van der Waals surface area contributed by atoms with E-state index in [1.54, 1.807) is 6.08 Å². The van der Waals surface area contributed by atoms with Crippen LogP contribution in [0.5, 0.6) is 5.75 Å². The number of ether oxygens (including phenoxy) is 1. The lowest BCUT2D eigenvalue weighted by molar-refractivity contribution is 0.359. The minimum Gasteiger partial charge on any atom is -0.489 e. The van der Waals surface area contributed by atoms with Gasteiger partial charge in [-0.05, 0) is 43.0 Å². The molecule has 92 valence electrons.